The van der Waals surface area contributed by atoms with Crippen molar-refractivity contribution in [3.8, 4) is 0 Å². The Balaban J connectivity index is 1.83. The Morgan fingerprint density at radius 1 is 1.47 bits per heavy atom. The molecule has 0 aliphatic carbocycles. The second-order valence-corrected chi connectivity index (χ2v) is 4.61. The Bertz CT molecular complexity index is 364. The van der Waals surface area contributed by atoms with E-state index >= 15 is 0 Å². The molecule has 2 unspecified atom stereocenters. The third kappa shape index (κ3) is 3.21. The standard InChI is InChI=1S/C11H16F3N3/c1-17-5-4-10(16-17)6-9-3-2-8(7-15-9)11(12,13)14/h4-5,8-9,15H,2-3,6-7H2,1H3. The van der Waals surface area contributed by atoms with E-state index in [1.807, 2.05) is 19.3 Å². The van der Waals surface area contributed by atoms with Crippen LogP contribution in [0.15, 0.2) is 12.3 Å². The van der Waals surface area contributed by atoms with Crippen molar-refractivity contribution in [3.05, 3.63) is 18.0 Å². The zero-order chi connectivity index (χ0) is 12.5. The molecule has 2 heterocycles. The van der Waals surface area contributed by atoms with Gasteiger partial charge in [-0.3, -0.25) is 4.68 Å². The van der Waals surface area contributed by atoms with Crippen LogP contribution < -0.4 is 5.32 Å². The highest BCUT2D eigenvalue weighted by atomic mass is 19.4. The second-order valence-electron chi connectivity index (χ2n) is 4.61. The first-order chi connectivity index (χ1) is 7.95. The van der Waals surface area contributed by atoms with Crippen LogP contribution in [0.3, 0.4) is 0 Å². The summed E-state index contributed by atoms with van der Waals surface area (Å²) in [5, 5.41) is 7.19. The van der Waals surface area contributed by atoms with Crippen molar-refractivity contribution < 1.29 is 13.2 Å². The first kappa shape index (κ1) is 12.4. The summed E-state index contributed by atoms with van der Waals surface area (Å²) in [5.41, 5.74) is 0.926. The van der Waals surface area contributed by atoms with Crippen LogP contribution in [0.4, 0.5) is 13.2 Å². The van der Waals surface area contributed by atoms with E-state index in [2.05, 4.69) is 10.4 Å². The predicted octanol–water partition coefficient (Wildman–Crippen LogP) is 1.89. The quantitative estimate of drug-likeness (QED) is 0.865. The predicted molar refractivity (Wildman–Crippen MR) is 57.5 cm³/mol. The Morgan fingerprint density at radius 3 is 2.71 bits per heavy atom. The smallest absolute Gasteiger partial charge is 0.313 e. The van der Waals surface area contributed by atoms with Crippen LogP contribution in [-0.2, 0) is 13.5 Å². The zero-order valence-corrected chi connectivity index (χ0v) is 9.67. The van der Waals surface area contributed by atoms with Crippen LogP contribution in [0.25, 0.3) is 0 Å². The summed E-state index contributed by atoms with van der Waals surface area (Å²) < 4.78 is 39.0. The van der Waals surface area contributed by atoms with Crippen LogP contribution in [0, 0.1) is 5.92 Å². The molecular formula is C11H16F3N3. The fraction of sp³-hybridized carbons (Fsp3) is 0.727. The highest BCUT2D eigenvalue weighted by Gasteiger charge is 2.41. The average molecular weight is 247 g/mol. The first-order valence-corrected chi connectivity index (χ1v) is 5.74. The van der Waals surface area contributed by atoms with E-state index in [-0.39, 0.29) is 19.0 Å². The van der Waals surface area contributed by atoms with Gasteiger partial charge in [0.1, 0.15) is 0 Å². The molecule has 1 aliphatic rings. The summed E-state index contributed by atoms with van der Waals surface area (Å²) in [6, 6.07) is 2.01. The number of hydrogen-bond donors (Lipinski definition) is 1. The summed E-state index contributed by atoms with van der Waals surface area (Å²) >= 11 is 0. The van der Waals surface area contributed by atoms with Crippen molar-refractivity contribution in [1.29, 1.82) is 0 Å². The number of hydrogen-bond acceptors (Lipinski definition) is 2. The topological polar surface area (TPSA) is 29.9 Å². The molecule has 96 valence electrons. The molecule has 1 aromatic rings. The molecule has 6 heteroatoms. The van der Waals surface area contributed by atoms with E-state index in [0.717, 1.165) is 5.69 Å². The average Bonchev–Trinajstić information content (AvgIpc) is 2.63. The van der Waals surface area contributed by atoms with Crippen LogP contribution in [0.1, 0.15) is 18.5 Å². The van der Waals surface area contributed by atoms with Gasteiger partial charge in [-0.1, -0.05) is 0 Å². The molecule has 1 aliphatic heterocycles. The Kier molecular flexibility index (Phi) is 3.42. The number of nitrogens with one attached hydrogen (secondary N) is 1. The third-order valence-electron chi connectivity index (χ3n) is 3.20. The van der Waals surface area contributed by atoms with Gasteiger partial charge in [-0.05, 0) is 18.9 Å². The zero-order valence-electron chi connectivity index (χ0n) is 9.67. The van der Waals surface area contributed by atoms with E-state index < -0.39 is 12.1 Å². The molecule has 1 N–H and O–H groups in total. The van der Waals surface area contributed by atoms with Gasteiger partial charge in [0, 0.05) is 32.3 Å². The number of aryl methyl sites for hydroxylation is 1. The van der Waals surface area contributed by atoms with Gasteiger partial charge in [-0.25, -0.2) is 0 Å². The molecule has 0 radical (unpaired) electrons. The van der Waals surface area contributed by atoms with E-state index in [1.165, 1.54) is 0 Å². The molecule has 0 saturated carbocycles. The number of aromatic nitrogens is 2. The molecule has 0 aromatic carbocycles. The molecule has 3 nitrogen and oxygen atoms in total. The normalized spacial score (nSPS) is 26.1. The van der Waals surface area contributed by atoms with Gasteiger partial charge >= 0.3 is 6.18 Å². The van der Waals surface area contributed by atoms with Crippen LogP contribution in [0.5, 0.6) is 0 Å². The Labute approximate surface area is 98.0 Å². The van der Waals surface area contributed by atoms with Gasteiger partial charge in [0.05, 0.1) is 11.6 Å². The molecule has 1 aromatic heterocycles. The van der Waals surface area contributed by atoms with Crippen molar-refractivity contribution >= 4 is 0 Å². The minimum atomic E-state index is -4.07. The first-order valence-electron chi connectivity index (χ1n) is 5.74. The monoisotopic (exact) mass is 247 g/mol. The number of nitrogens with zero attached hydrogens (tertiary/aromatic N) is 2. The van der Waals surface area contributed by atoms with Crippen LogP contribution >= 0.6 is 0 Å². The molecule has 2 atom stereocenters. The largest absolute Gasteiger partial charge is 0.393 e. The summed E-state index contributed by atoms with van der Waals surface area (Å²) in [6.07, 6.45) is -0.750. The fourth-order valence-electron chi connectivity index (χ4n) is 2.19. The molecule has 0 spiro atoms. The highest BCUT2D eigenvalue weighted by Crippen LogP contribution is 2.32. The maximum absolute atomic E-state index is 12.4. The van der Waals surface area contributed by atoms with Gasteiger partial charge in [0.25, 0.3) is 0 Å². The fourth-order valence-corrected chi connectivity index (χ4v) is 2.19. The molecule has 0 amide bonds. The molecule has 0 bridgehead atoms. The van der Waals surface area contributed by atoms with Gasteiger partial charge in [0.2, 0.25) is 0 Å². The van der Waals surface area contributed by atoms with Crippen molar-refractivity contribution in [2.45, 2.75) is 31.5 Å². The number of alkyl halides is 3. The van der Waals surface area contributed by atoms with E-state index in [9.17, 15) is 13.2 Å². The third-order valence-corrected chi connectivity index (χ3v) is 3.20. The molecule has 1 saturated heterocycles. The lowest BCUT2D eigenvalue weighted by Crippen LogP contribution is -2.45. The lowest BCUT2D eigenvalue weighted by molar-refractivity contribution is -0.179. The van der Waals surface area contributed by atoms with Crippen molar-refractivity contribution in [3.63, 3.8) is 0 Å². The van der Waals surface area contributed by atoms with E-state index in [0.29, 0.717) is 12.8 Å². The van der Waals surface area contributed by atoms with Gasteiger partial charge < -0.3 is 5.32 Å². The molecule has 2 rings (SSSR count). The maximum atomic E-state index is 12.4. The maximum Gasteiger partial charge on any atom is 0.393 e. The Hall–Kier alpha value is -1.04. The van der Waals surface area contributed by atoms with Crippen molar-refractivity contribution in [2.24, 2.45) is 13.0 Å². The minimum Gasteiger partial charge on any atom is -0.313 e. The summed E-state index contributed by atoms with van der Waals surface area (Å²) in [5.74, 6) is -1.19. The van der Waals surface area contributed by atoms with E-state index in [1.54, 1.807) is 4.68 Å². The van der Waals surface area contributed by atoms with Crippen LogP contribution in [-0.4, -0.2) is 28.5 Å². The number of halogens is 3. The second kappa shape index (κ2) is 4.68. The number of rotatable bonds is 2. The SMILES string of the molecule is Cn1ccc(CC2CCC(C(F)(F)F)CN2)n1. The van der Waals surface area contributed by atoms with Gasteiger partial charge in [-0.15, -0.1) is 0 Å². The molecule has 1 fully saturated rings. The number of piperidine rings is 1. The van der Waals surface area contributed by atoms with E-state index in [4.69, 9.17) is 0 Å². The molecular weight excluding hydrogens is 231 g/mol. The van der Waals surface area contributed by atoms with Crippen molar-refractivity contribution in [1.82, 2.24) is 15.1 Å². The van der Waals surface area contributed by atoms with Gasteiger partial charge in [-0.2, -0.15) is 18.3 Å². The lowest BCUT2D eigenvalue weighted by atomic mass is 9.92. The molecule has 17 heavy (non-hydrogen) atoms. The summed E-state index contributed by atoms with van der Waals surface area (Å²) in [4.78, 5) is 0. The van der Waals surface area contributed by atoms with Crippen LogP contribution in [0.2, 0.25) is 0 Å². The highest BCUT2D eigenvalue weighted by molar-refractivity contribution is 5.02. The minimum absolute atomic E-state index is 0.0288. The lowest BCUT2D eigenvalue weighted by Gasteiger charge is -2.30. The summed E-state index contributed by atoms with van der Waals surface area (Å²) in [7, 11) is 1.83. The van der Waals surface area contributed by atoms with Crippen molar-refractivity contribution in [2.75, 3.05) is 6.54 Å². The van der Waals surface area contributed by atoms with Gasteiger partial charge in [0.15, 0.2) is 0 Å². The Morgan fingerprint density at radius 2 is 2.24 bits per heavy atom. The summed E-state index contributed by atoms with van der Waals surface area (Å²) in [6.45, 7) is 0.0288.